The molecule has 6 heteroatoms. The second-order valence-electron chi connectivity index (χ2n) is 4.50. The summed E-state index contributed by atoms with van der Waals surface area (Å²) in [4.78, 5) is 1.26. The van der Waals surface area contributed by atoms with Crippen LogP contribution < -0.4 is 5.73 Å². The molecule has 0 amide bonds. The topological polar surface area (TPSA) is 29.3 Å². The Bertz CT molecular complexity index is 389. The molecule has 2 nitrogen and oxygen atoms in total. The van der Waals surface area contributed by atoms with Crippen LogP contribution in [0.1, 0.15) is 25.5 Å². The molecule has 0 saturated heterocycles. The Morgan fingerprint density at radius 2 is 1.74 bits per heavy atom. The van der Waals surface area contributed by atoms with Gasteiger partial charge in [-0.3, -0.25) is 4.90 Å². The molecule has 0 fully saturated rings. The summed E-state index contributed by atoms with van der Waals surface area (Å²) in [6, 6.07) is 4.42. The van der Waals surface area contributed by atoms with E-state index in [1.165, 1.54) is 29.2 Å². The van der Waals surface area contributed by atoms with E-state index in [4.69, 9.17) is 5.73 Å². The minimum absolute atomic E-state index is 0.246. The number of halogens is 4. The highest BCUT2D eigenvalue weighted by molar-refractivity contribution is 5.20. The Morgan fingerprint density at radius 1 is 1.21 bits per heavy atom. The average Bonchev–Trinajstić information content (AvgIpc) is 2.34. The lowest BCUT2D eigenvalue weighted by molar-refractivity contribution is -0.150. The van der Waals surface area contributed by atoms with Crippen LogP contribution in [0.2, 0.25) is 0 Å². The van der Waals surface area contributed by atoms with Crippen LogP contribution in [-0.2, 0) is 0 Å². The summed E-state index contributed by atoms with van der Waals surface area (Å²) < 4.78 is 50.1. The molecule has 0 aliphatic rings. The van der Waals surface area contributed by atoms with Gasteiger partial charge < -0.3 is 5.73 Å². The van der Waals surface area contributed by atoms with Gasteiger partial charge in [-0.25, -0.2) is 4.39 Å². The Morgan fingerprint density at radius 3 is 2.16 bits per heavy atom. The lowest BCUT2D eigenvalue weighted by Crippen LogP contribution is -2.45. The van der Waals surface area contributed by atoms with Crippen LogP contribution in [0.4, 0.5) is 17.6 Å². The number of alkyl halides is 3. The third kappa shape index (κ3) is 4.80. The summed E-state index contributed by atoms with van der Waals surface area (Å²) in [7, 11) is 0. The molecule has 2 atom stereocenters. The average molecular weight is 278 g/mol. The van der Waals surface area contributed by atoms with Crippen LogP contribution >= 0.6 is 0 Å². The maximum atomic E-state index is 12.8. The van der Waals surface area contributed by atoms with E-state index in [0.29, 0.717) is 5.56 Å². The van der Waals surface area contributed by atoms with Crippen LogP contribution in [0.25, 0.3) is 0 Å². The second kappa shape index (κ2) is 6.34. The summed E-state index contributed by atoms with van der Waals surface area (Å²) >= 11 is 0. The Balaban J connectivity index is 2.79. The smallest absolute Gasteiger partial charge is 0.323 e. The fourth-order valence-corrected chi connectivity index (χ4v) is 1.96. The maximum absolute atomic E-state index is 12.8. The van der Waals surface area contributed by atoms with Crippen LogP contribution in [0.15, 0.2) is 24.3 Å². The lowest BCUT2D eigenvalue weighted by atomic mass is 10.00. The third-order valence-electron chi connectivity index (χ3n) is 3.14. The largest absolute Gasteiger partial charge is 0.401 e. The Hall–Kier alpha value is -1.14. The molecule has 108 valence electrons. The lowest BCUT2D eigenvalue weighted by Gasteiger charge is -2.32. The molecule has 1 aromatic carbocycles. The van der Waals surface area contributed by atoms with Crippen LogP contribution in [0.5, 0.6) is 0 Å². The van der Waals surface area contributed by atoms with Crippen LogP contribution in [0, 0.1) is 5.82 Å². The molecule has 1 aromatic rings. The van der Waals surface area contributed by atoms with Gasteiger partial charge in [0.25, 0.3) is 0 Å². The normalized spacial score (nSPS) is 15.6. The molecular weight excluding hydrogens is 260 g/mol. The summed E-state index contributed by atoms with van der Waals surface area (Å²) in [5.41, 5.74) is 6.57. The first kappa shape index (κ1) is 15.9. The number of benzene rings is 1. The summed E-state index contributed by atoms with van der Waals surface area (Å²) in [6.45, 7) is 2.54. The molecular formula is C13H18F4N2. The van der Waals surface area contributed by atoms with Crippen molar-refractivity contribution in [3.05, 3.63) is 35.6 Å². The SMILES string of the molecule is CCN(CC(F)(F)F)C(C)C(N)c1ccc(F)cc1. The fraction of sp³-hybridized carbons (Fsp3) is 0.538. The third-order valence-corrected chi connectivity index (χ3v) is 3.14. The molecule has 19 heavy (non-hydrogen) atoms. The first-order valence-electron chi connectivity index (χ1n) is 6.06. The predicted octanol–water partition coefficient (Wildman–Crippen LogP) is 3.10. The van der Waals surface area contributed by atoms with Crippen molar-refractivity contribution in [2.75, 3.05) is 13.1 Å². The molecule has 0 saturated carbocycles. The van der Waals surface area contributed by atoms with Gasteiger partial charge in [0.1, 0.15) is 5.82 Å². The second-order valence-corrected chi connectivity index (χ2v) is 4.50. The van der Waals surface area contributed by atoms with E-state index >= 15 is 0 Å². The van der Waals surface area contributed by atoms with Crippen molar-refractivity contribution in [3.63, 3.8) is 0 Å². The molecule has 2 N–H and O–H groups in total. The molecule has 0 aromatic heterocycles. The highest BCUT2D eigenvalue weighted by Crippen LogP contribution is 2.23. The fourth-order valence-electron chi connectivity index (χ4n) is 1.96. The van der Waals surface area contributed by atoms with Gasteiger partial charge in [0.15, 0.2) is 0 Å². The van der Waals surface area contributed by atoms with Crippen molar-refractivity contribution in [1.82, 2.24) is 4.90 Å². The molecule has 0 heterocycles. The molecule has 0 spiro atoms. The van der Waals surface area contributed by atoms with E-state index < -0.39 is 30.6 Å². The standard InChI is InChI=1S/C13H18F4N2/c1-3-19(8-13(15,16)17)9(2)12(18)10-4-6-11(14)7-5-10/h4-7,9,12H,3,8,18H2,1-2H3. The van der Waals surface area contributed by atoms with Gasteiger partial charge in [-0.05, 0) is 31.2 Å². The van der Waals surface area contributed by atoms with Gasteiger partial charge in [-0.15, -0.1) is 0 Å². The van der Waals surface area contributed by atoms with E-state index in [1.807, 2.05) is 0 Å². The van der Waals surface area contributed by atoms with Crippen LogP contribution in [0.3, 0.4) is 0 Å². The van der Waals surface area contributed by atoms with Crippen molar-refractivity contribution in [2.24, 2.45) is 5.73 Å². The van der Waals surface area contributed by atoms with Gasteiger partial charge in [0.05, 0.1) is 6.54 Å². The molecule has 2 unspecified atom stereocenters. The first-order valence-corrected chi connectivity index (χ1v) is 6.06. The molecule has 0 aliphatic carbocycles. The molecule has 0 bridgehead atoms. The summed E-state index contributed by atoms with van der Waals surface area (Å²) in [5.74, 6) is -0.397. The van der Waals surface area contributed by atoms with Crippen molar-refractivity contribution in [2.45, 2.75) is 32.1 Å². The van der Waals surface area contributed by atoms with Gasteiger partial charge in [0.2, 0.25) is 0 Å². The van der Waals surface area contributed by atoms with Crippen molar-refractivity contribution in [1.29, 1.82) is 0 Å². The monoisotopic (exact) mass is 278 g/mol. The summed E-state index contributed by atoms with van der Waals surface area (Å²) in [6.07, 6.45) is -4.26. The minimum atomic E-state index is -4.26. The van der Waals surface area contributed by atoms with E-state index in [2.05, 4.69) is 0 Å². The Kier molecular flexibility index (Phi) is 5.31. The van der Waals surface area contributed by atoms with Crippen LogP contribution in [-0.4, -0.2) is 30.2 Å². The molecule has 0 radical (unpaired) electrons. The number of hydrogen-bond donors (Lipinski definition) is 1. The minimum Gasteiger partial charge on any atom is -0.323 e. The number of likely N-dealkylation sites (N-methyl/N-ethyl adjacent to an activating group) is 1. The van der Waals surface area contributed by atoms with Crippen molar-refractivity contribution < 1.29 is 17.6 Å². The van der Waals surface area contributed by atoms with E-state index in [9.17, 15) is 17.6 Å². The zero-order chi connectivity index (χ0) is 14.6. The molecule has 0 aliphatic heterocycles. The number of hydrogen-bond acceptors (Lipinski definition) is 2. The zero-order valence-corrected chi connectivity index (χ0v) is 10.9. The highest BCUT2D eigenvalue weighted by Gasteiger charge is 2.33. The first-order chi connectivity index (χ1) is 8.74. The number of nitrogens with zero attached hydrogens (tertiary/aromatic N) is 1. The van der Waals surface area contributed by atoms with Gasteiger partial charge in [-0.2, -0.15) is 13.2 Å². The Labute approximate surface area is 110 Å². The molecule has 1 rings (SSSR count). The van der Waals surface area contributed by atoms with Gasteiger partial charge in [-0.1, -0.05) is 19.1 Å². The van der Waals surface area contributed by atoms with Crippen molar-refractivity contribution >= 4 is 0 Å². The quantitative estimate of drug-likeness (QED) is 0.839. The van der Waals surface area contributed by atoms with E-state index in [0.717, 1.165) is 0 Å². The zero-order valence-electron chi connectivity index (χ0n) is 10.9. The number of rotatable bonds is 5. The van der Waals surface area contributed by atoms with Crippen molar-refractivity contribution in [3.8, 4) is 0 Å². The van der Waals surface area contributed by atoms with Gasteiger partial charge in [0, 0.05) is 12.1 Å². The highest BCUT2D eigenvalue weighted by atomic mass is 19.4. The van der Waals surface area contributed by atoms with E-state index in [-0.39, 0.29) is 6.54 Å². The summed E-state index contributed by atoms with van der Waals surface area (Å²) in [5, 5.41) is 0. The van der Waals surface area contributed by atoms with Gasteiger partial charge >= 0.3 is 6.18 Å². The predicted molar refractivity (Wildman–Crippen MR) is 66.1 cm³/mol. The number of nitrogens with two attached hydrogens (primary N) is 1. The van der Waals surface area contributed by atoms with E-state index in [1.54, 1.807) is 13.8 Å². The maximum Gasteiger partial charge on any atom is 0.401 e.